The second kappa shape index (κ2) is 1.54. The Morgan fingerprint density at radius 1 is 1.33 bits per heavy atom. The topological polar surface area (TPSA) is 26.3 Å². The predicted molar refractivity (Wildman–Crippen MR) is 33.5 cm³/mol. The second-order valence-electron chi connectivity index (χ2n) is 1.70. The van der Waals surface area contributed by atoms with E-state index in [9.17, 15) is 0 Å². The molecule has 0 radical (unpaired) electrons. The Labute approximate surface area is 56.0 Å². The van der Waals surface area contributed by atoms with E-state index < -0.39 is 0 Å². The van der Waals surface area contributed by atoms with E-state index in [1.165, 1.54) is 0 Å². The van der Waals surface area contributed by atoms with Gasteiger partial charge in [0.05, 0.1) is 6.26 Å². The minimum Gasteiger partial charge on any atom is -0.461 e. The summed E-state index contributed by atoms with van der Waals surface area (Å²) in [6.45, 7) is 0. The Morgan fingerprint density at radius 2 is 2.22 bits per heavy atom. The summed E-state index contributed by atoms with van der Waals surface area (Å²) in [7, 11) is 0. The third-order valence-corrected chi connectivity index (χ3v) is 1.30. The molecule has 2 nitrogen and oxygen atoms in total. The van der Waals surface area contributed by atoms with Crippen molar-refractivity contribution in [2.45, 2.75) is 0 Å². The largest absolute Gasteiger partial charge is 0.461 e. The van der Waals surface area contributed by atoms with Crippen LogP contribution in [0.25, 0.3) is 11.2 Å². The van der Waals surface area contributed by atoms with E-state index in [1.54, 1.807) is 18.4 Å². The van der Waals surface area contributed by atoms with Crippen molar-refractivity contribution in [3.8, 4) is 0 Å². The molecule has 0 spiro atoms. The van der Waals surface area contributed by atoms with Gasteiger partial charge in [-0.15, -0.1) is 0 Å². The average molecular weight is 143 g/mol. The summed E-state index contributed by atoms with van der Waals surface area (Å²) in [5.74, 6) is 0. The molecule has 46 valence electrons. The molecule has 0 saturated heterocycles. The fourth-order valence-electron chi connectivity index (χ4n) is 0.736. The van der Waals surface area contributed by atoms with E-state index in [-0.39, 0.29) is 0 Å². The van der Waals surface area contributed by atoms with Gasteiger partial charge >= 0.3 is 0 Å². The van der Waals surface area contributed by atoms with Gasteiger partial charge in [0.1, 0.15) is 0 Å². The number of hydrogen-bond donors (Lipinski definition) is 0. The van der Waals surface area contributed by atoms with Crippen molar-refractivity contribution >= 4 is 22.8 Å². The van der Waals surface area contributed by atoms with Gasteiger partial charge in [-0.3, -0.25) is 0 Å². The molecule has 0 unspecified atom stereocenters. The lowest BCUT2D eigenvalue weighted by Gasteiger charge is -1.69. The summed E-state index contributed by atoms with van der Waals surface area (Å²) >= 11 is 5.50. The van der Waals surface area contributed by atoms with Crippen LogP contribution in [0.5, 0.6) is 0 Å². The minimum atomic E-state index is 0.365. The lowest BCUT2D eigenvalue weighted by molar-refractivity contribution is 0.609. The molecule has 0 fully saturated rings. The third kappa shape index (κ3) is 0.634. The Hall–Kier alpha value is -0.890. The van der Waals surface area contributed by atoms with Gasteiger partial charge in [0.15, 0.2) is 16.4 Å². The molecule has 0 atom stereocenters. The molecular weight excluding hydrogens is 140 g/mol. The molecule has 3 heteroatoms. The van der Waals surface area contributed by atoms with Crippen LogP contribution in [0.3, 0.4) is 0 Å². The first-order chi connectivity index (χ1) is 4.36. The van der Waals surface area contributed by atoms with E-state index in [1.807, 2.05) is 0 Å². The lowest BCUT2D eigenvalue weighted by Crippen LogP contribution is -1.40. The molecule has 2 aromatic heterocycles. The SMILES string of the molecule is Clc1cc2occc2o1. The smallest absolute Gasteiger partial charge is 0.197 e. The third-order valence-electron chi connectivity index (χ3n) is 1.11. The first-order valence-corrected chi connectivity index (χ1v) is 2.86. The molecule has 2 heterocycles. The van der Waals surface area contributed by atoms with E-state index >= 15 is 0 Å². The van der Waals surface area contributed by atoms with Crippen LogP contribution < -0.4 is 0 Å². The highest BCUT2D eigenvalue weighted by atomic mass is 35.5. The predicted octanol–water partition coefficient (Wildman–Crippen LogP) is 2.68. The van der Waals surface area contributed by atoms with Gasteiger partial charge in [-0.1, -0.05) is 0 Å². The Kier molecular flexibility index (Phi) is 0.848. The second-order valence-corrected chi connectivity index (χ2v) is 2.07. The Balaban J connectivity index is 2.92. The number of fused-ring (bicyclic) bond motifs is 1. The number of furan rings is 2. The Bertz CT molecular complexity index is 292. The summed E-state index contributed by atoms with van der Waals surface area (Å²) in [5.41, 5.74) is 1.39. The van der Waals surface area contributed by atoms with Gasteiger partial charge < -0.3 is 8.83 Å². The summed E-state index contributed by atoms with van der Waals surface area (Å²) in [6.07, 6.45) is 1.56. The number of hydrogen-bond acceptors (Lipinski definition) is 2. The lowest BCUT2D eigenvalue weighted by atomic mass is 10.5. The fraction of sp³-hybridized carbons (Fsp3) is 0. The summed E-state index contributed by atoms with van der Waals surface area (Å²) < 4.78 is 9.94. The fourth-order valence-corrected chi connectivity index (χ4v) is 0.919. The molecule has 0 saturated carbocycles. The number of rotatable bonds is 0. The molecule has 9 heavy (non-hydrogen) atoms. The van der Waals surface area contributed by atoms with Crippen LogP contribution in [0, 0.1) is 0 Å². The van der Waals surface area contributed by atoms with Crippen molar-refractivity contribution in [1.29, 1.82) is 0 Å². The van der Waals surface area contributed by atoms with Crippen LogP contribution in [0.1, 0.15) is 0 Å². The summed E-state index contributed by atoms with van der Waals surface area (Å²) in [5, 5.41) is 0.365. The van der Waals surface area contributed by atoms with Crippen LogP contribution in [0.15, 0.2) is 27.2 Å². The molecule has 0 aliphatic carbocycles. The number of halogens is 1. The van der Waals surface area contributed by atoms with Crippen molar-refractivity contribution in [3.63, 3.8) is 0 Å². The van der Waals surface area contributed by atoms with Crippen molar-refractivity contribution in [1.82, 2.24) is 0 Å². The maximum Gasteiger partial charge on any atom is 0.197 e. The van der Waals surface area contributed by atoms with Crippen molar-refractivity contribution in [3.05, 3.63) is 23.6 Å². The molecule has 0 aliphatic rings. The molecule has 0 N–H and O–H groups in total. The van der Waals surface area contributed by atoms with Crippen LogP contribution in [0.2, 0.25) is 5.22 Å². The van der Waals surface area contributed by atoms with E-state index in [2.05, 4.69) is 0 Å². The summed E-state index contributed by atoms with van der Waals surface area (Å²) in [6, 6.07) is 3.36. The average Bonchev–Trinajstić information content (AvgIpc) is 2.22. The maximum atomic E-state index is 5.50. The van der Waals surface area contributed by atoms with Crippen LogP contribution in [-0.2, 0) is 0 Å². The van der Waals surface area contributed by atoms with Gasteiger partial charge in [0.2, 0.25) is 0 Å². The van der Waals surface area contributed by atoms with Crippen molar-refractivity contribution in [2.24, 2.45) is 0 Å². The zero-order chi connectivity index (χ0) is 6.27. The minimum absolute atomic E-state index is 0.365. The normalized spacial score (nSPS) is 10.8. The van der Waals surface area contributed by atoms with E-state index in [0.29, 0.717) is 16.4 Å². The van der Waals surface area contributed by atoms with Crippen LogP contribution >= 0.6 is 11.6 Å². The zero-order valence-electron chi connectivity index (χ0n) is 4.43. The summed E-state index contributed by atoms with van der Waals surface area (Å²) in [4.78, 5) is 0. The van der Waals surface area contributed by atoms with Crippen molar-refractivity contribution in [2.75, 3.05) is 0 Å². The first-order valence-electron chi connectivity index (χ1n) is 2.49. The maximum absolute atomic E-state index is 5.50. The van der Waals surface area contributed by atoms with Gasteiger partial charge in [-0.05, 0) is 11.6 Å². The standard InChI is InChI=1S/C6H3ClO2/c7-6-3-5-4(9-6)1-2-8-5/h1-3H. The van der Waals surface area contributed by atoms with Crippen LogP contribution in [0.4, 0.5) is 0 Å². The molecule has 2 aromatic rings. The molecule has 2 rings (SSSR count). The molecule has 0 aromatic carbocycles. The highest BCUT2D eigenvalue weighted by Crippen LogP contribution is 2.22. The quantitative estimate of drug-likeness (QED) is 0.565. The molecular formula is C6H3ClO2. The molecule has 0 bridgehead atoms. The van der Waals surface area contributed by atoms with Gasteiger partial charge in [0, 0.05) is 12.1 Å². The van der Waals surface area contributed by atoms with E-state index in [4.69, 9.17) is 20.4 Å². The highest BCUT2D eigenvalue weighted by Gasteiger charge is 2.01. The van der Waals surface area contributed by atoms with Crippen molar-refractivity contribution < 1.29 is 8.83 Å². The highest BCUT2D eigenvalue weighted by molar-refractivity contribution is 6.29. The molecule has 0 amide bonds. The van der Waals surface area contributed by atoms with Gasteiger partial charge in [-0.2, -0.15) is 0 Å². The van der Waals surface area contributed by atoms with Gasteiger partial charge in [-0.25, -0.2) is 0 Å². The zero-order valence-corrected chi connectivity index (χ0v) is 5.18. The Morgan fingerprint density at radius 3 is 3.00 bits per heavy atom. The first kappa shape index (κ1) is 4.94. The molecule has 0 aliphatic heterocycles. The monoisotopic (exact) mass is 142 g/mol. The van der Waals surface area contributed by atoms with Crippen LogP contribution in [-0.4, -0.2) is 0 Å². The van der Waals surface area contributed by atoms with E-state index in [0.717, 1.165) is 0 Å². The van der Waals surface area contributed by atoms with Gasteiger partial charge in [0.25, 0.3) is 0 Å².